The number of anilines is 2. The first-order valence-electron chi connectivity index (χ1n) is 9.33. The summed E-state index contributed by atoms with van der Waals surface area (Å²) in [6.07, 6.45) is 3.26. The molecule has 6 nitrogen and oxygen atoms in total. The number of amides is 1. The minimum absolute atomic E-state index is 0.138. The SMILES string of the molecule is CCC(C)Nc1nc2n(c(=O)c1NC(=O)CC(C)(C)C)CCCC2C. The van der Waals surface area contributed by atoms with Gasteiger partial charge in [-0.05, 0) is 31.6 Å². The molecule has 0 aliphatic carbocycles. The zero-order valence-electron chi connectivity index (χ0n) is 16.4. The van der Waals surface area contributed by atoms with Crippen molar-refractivity contribution in [3.63, 3.8) is 0 Å². The van der Waals surface area contributed by atoms with E-state index in [1.165, 1.54) is 0 Å². The Hall–Kier alpha value is -1.85. The standard InChI is InChI=1S/C19H32N4O2/c1-7-13(3)20-16-15(21-14(24)11-19(4,5)6)18(25)23-10-8-9-12(2)17(23)22-16/h12-13,20H,7-11H2,1-6H3,(H,21,24). The number of carbonyl (C=O) groups excluding carboxylic acids is 1. The third-order valence-corrected chi connectivity index (χ3v) is 4.61. The van der Waals surface area contributed by atoms with Crippen molar-refractivity contribution in [3.05, 3.63) is 16.2 Å². The zero-order chi connectivity index (χ0) is 18.8. The van der Waals surface area contributed by atoms with Crippen LogP contribution in [0.15, 0.2) is 4.79 Å². The molecule has 2 N–H and O–H groups in total. The van der Waals surface area contributed by atoms with Gasteiger partial charge in [0.25, 0.3) is 5.56 Å². The van der Waals surface area contributed by atoms with E-state index >= 15 is 0 Å². The van der Waals surface area contributed by atoms with Crippen molar-refractivity contribution in [2.24, 2.45) is 5.41 Å². The Bertz CT molecular complexity index is 688. The number of aromatic nitrogens is 2. The van der Waals surface area contributed by atoms with Gasteiger partial charge in [0, 0.05) is 24.9 Å². The fourth-order valence-electron chi connectivity index (χ4n) is 3.07. The van der Waals surface area contributed by atoms with Crippen LogP contribution in [0, 0.1) is 5.41 Å². The van der Waals surface area contributed by atoms with Gasteiger partial charge in [0.1, 0.15) is 5.82 Å². The predicted molar refractivity (Wildman–Crippen MR) is 102 cm³/mol. The van der Waals surface area contributed by atoms with E-state index in [0.717, 1.165) is 25.1 Å². The molecule has 2 heterocycles. The van der Waals surface area contributed by atoms with Crippen LogP contribution >= 0.6 is 0 Å². The number of nitrogens with one attached hydrogen (secondary N) is 2. The van der Waals surface area contributed by atoms with Crippen LogP contribution in [-0.2, 0) is 11.3 Å². The number of hydrogen-bond donors (Lipinski definition) is 2. The summed E-state index contributed by atoms with van der Waals surface area (Å²) in [7, 11) is 0. The predicted octanol–water partition coefficient (Wildman–Crippen LogP) is 3.73. The second kappa shape index (κ2) is 7.58. The van der Waals surface area contributed by atoms with Crippen LogP contribution in [-0.4, -0.2) is 21.5 Å². The maximum Gasteiger partial charge on any atom is 0.279 e. The van der Waals surface area contributed by atoms with Gasteiger partial charge in [-0.2, -0.15) is 0 Å². The van der Waals surface area contributed by atoms with Gasteiger partial charge in [0.05, 0.1) is 0 Å². The second-order valence-corrected chi connectivity index (χ2v) is 8.43. The highest BCUT2D eigenvalue weighted by molar-refractivity contribution is 5.93. The van der Waals surface area contributed by atoms with E-state index in [1.807, 2.05) is 27.7 Å². The molecule has 1 aliphatic rings. The third kappa shape index (κ3) is 4.83. The summed E-state index contributed by atoms with van der Waals surface area (Å²) in [5, 5.41) is 6.13. The minimum Gasteiger partial charge on any atom is -0.366 e. The topological polar surface area (TPSA) is 76.0 Å². The lowest BCUT2D eigenvalue weighted by molar-refractivity contribution is -0.117. The van der Waals surface area contributed by atoms with Crippen LogP contribution in [0.25, 0.3) is 0 Å². The first kappa shape index (κ1) is 19.5. The second-order valence-electron chi connectivity index (χ2n) is 8.43. The molecule has 1 aromatic rings. The minimum atomic E-state index is -0.150. The summed E-state index contributed by atoms with van der Waals surface area (Å²) in [6, 6.07) is 0.173. The summed E-state index contributed by atoms with van der Waals surface area (Å²) >= 11 is 0. The summed E-state index contributed by atoms with van der Waals surface area (Å²) in [5.74, 6) is 1.42. The van der Waals surface area contributed by atoms with Crippen LogP contribution in [0.3, 0.4) is 0 Å². The number of rotatable bonds is 5. The van der Waals surface area contributed by atoms with Gasteiger partial charge in [-0.25, -0.2) is 4.98 Å². The van der Waals surface area contributed by atoms with Gasteiger partial charge in [-0.3, -0.25) is 14.2 Å². The number of nitrogens with zero attached hydrogens (tertiary/aromatic N) is 2. The zero-order valence-corrected chi connectivity index (χ0v) is 16.4. The number of fused-ring (bicyclic) bond motifs is 1. The van der Waals surface area contributed by atoms with Crippen molar-refractivity contribution in [1.82, 2.24) is 9.55 Å². The van der Waals surface area contributed by atoms with E-state index in [4.69, 9.17) is 4.98 Å². The normalized spacial score (nSPS) is 18.4. The molecule has 6 heteroatoms. The smallest absolute Gasteiger partial charge is 0.279 e. The van der Waals surface area contributed by atoms with Crippen molar-refractivity contribution in [2.75, 3.05) is 10.6 Å². The molecule has 2 rings (SSSR count). The van der Waals surface area contributed by atoms with Crippen LogP contribution in [0.2, 0.25) is 0 Å². The van der Waals surface area contributed by atoms with Crippen LogP contribution < -0.4 is 16.2 Å². The van der Waals surface area contributed by atoms with Crippen molar-refractivity contribution in [1.29, 1.82) is 0 Å². The average Bonchev–Trinajstić information content (AvgIpc) is 2.50. The molecule has 1 aromatic heterocycles. The molecule has 25 heavy (non-hydrogen) atoms. The van der Waals surface area contributed by atoms with Crippen LogP contribution in [0.1, 0.15) is 79.0 Å². The quantitative estimate of drug-likeness (QED) is 0.850. The Kier molecular flexibility index (Phi) is 5.91. The molecule has 140 valence electrons. The average molecular weight is 348 g/mol. The lowest BCUT2D eigenvalue weighted by Gasteiger charge is -2.26. The molecule has 0 spiro atoms. The van der Waals surface area contributed by atoms with E-state index < -0.39 is 0 Å². The first-order chi connectivity index (χ1) is 11.6. The molecule has 0 saturated carbocycles. The summed E-state index contributed by atoms with van der Waals surface area (Å²) < 4.78 is 1.72. The fraction of sp³-hybridized carbons (Fsp3) is 0.737. The first-order valence-corrected chi connectivity index (χ1v) is 9.33. The monoisotopic (exact) mass is 348 g/mol. The fourth-order valence-corrected chi connectivity index (χ4v) is 3.07. The van der Waals surface area contributed by atoms with E-state index in [2.05, 4.69) is 24.5 Å². The van der Waals surface area contributed by atoms with E-state index in [9.17, 15) is 9.59 Å². The van der Waals surface area contributed by atoms with Gasteiger partial charge < -0.3 is 10.6 Å². The molecule has 0 radical (unpaired) electrons. The van der Waals surface area contributed by atoms with Crippen molar-refractivity contribution in [2.45, 2.75) is 85.7 Å². The molecule has 0 fully saturated rings. The van der Waals surface area contributed by atoms with Gasteiger partial charge in [0.2, 0.25) is 5.91 Å². The molecule has 2 atom stereocenters. The highest BCUT2D eigenvalue weighted by Gasteiger charge is 2.25. The molecule has 1 amide bonds. The molecule has 0 saturated heterocycles. The maximum atomic E-state index is 13.0. The largest absolute Gasteiger partial charge is 0.366 e. The molecule has 1 aliphatic heterocycles. The van der Waals surface area contributed by atoms with Gasteiger partial charge in [-0.1, -0.05) is 34.6 Å². The highest BCUT2D eigenvalue weighted by atomic mass is 16.2. The number of hydrogen-bond acceptors (Lipinski definition) is 4. The van der Waals surface area contributed by atoms with Gasteiger partial charge in [0.15, 0.2) is 11.5 Å². The Labute approximate surface area is 150 Å². The maximum absolute atomic E-state index is 13.0. The van der Waals surface area contributed by atoms with Crippen molar-refractivity contribution in [3.8, 4) is 0 Å². The van der Waals surface area contributed by atoms with E-state index in [-0.39, 0.29) is 34.5 Å². The van der Waals surface area contributed by atoms with Crippen LogP contribution in [0.5, 0.6) is 0 Å². The van der Waals surface area contributed by atoms with E-state index in [0.29, 0.717) is 18.8 Å². The third-order valence-electron chi connectivity index (χ3n) is 4.61. The summed E-state index contributed by atoms with van der Waals surface area (Å²) in [5.41, 5.74) is -0.00205. The Morgan fingerprint density at radius 1 is 1.40 bits per heavy atom. The Morgan fingerprint density at radius 3 is 2.68 bits per heavy atom. The summed E-state index contributed by atoms with van der Waals surface area (Å²) in [6.45, 7) is 12.9. The summed E-state index contributed by atoms with van der Waals surface area (Å²) in [4.78, 5) is 30.2. The highest BCUT2D eigenvalue weighted by Crippen LogP contribution is 2.28. The Balaban J connectivity index is 2.44. The molecule has 0 bridgehead atoms. The van der Waals surface area contributed by atoms with E-state index in [1.54, 1.807) is 4.57 Å². The molecule has 0 aromatic carbocycles. The van der Waals surface area contributed by atoms with Gasteiger partial charge in [-0.15, -0.1) is 0 Å². The molecule has 2 unspecified atom stereocenters. The Morgan fingerprint density at radius 2 is 2.08 bits per heavy atom. The molecular formula is C19H32N4O2. The lowest BCUT2D eigenvalue weighted by atomic mass is 9.92. The van der Waals surface area contributed by atoms with Crippen LogP contribution in [0.4, 0.5) is 11.5 Å². The number of carbonyl (C=O) groups is 1. The van der Waals surface area contributed by atoms with Gasteiger partial charge >= 0.3 is 0 Å². The van der Waals surface area contributed by atoms with Crippen molar-refractivity contribution >= 4 is 17.4 Å². The van der Waals surface area contributed by atoms with Crippen molar-refractivity contribution < 1.29 is 4.79 Å². The lowest BCUT2D eigenvalue weighted by Crippen LogP contribution is -2.35. The molecular weight excluding hydrogens is 316 g/mol.